The minimum atomic E-state index is -0.812. The smallest absolute Gasteiger partial charge is 0.306 e. The van der Waals surface area contributed by atoms with Gasteiger partial charge in [-0.2, -0.15) is 0 Å². The minimum absolute atomic E-state index is 0.114. The van der Waals surface area contributed by atoms with Crippen LogP contribution in [0.15, 0.2) is 85.1 Å². The second kappa shape index (κ2) is 46.3. The van der Waals surface area contributed by atoms with Crippen LogP contribution in [0, 0.1) is 0 Å². The Labute approximate surface area is 356 Å². The van der Waals surface area contributed by atoms with E-state index in [4.69, 9.17) is 14.2 Å². The van der Waals surface area contributed by atoms with Crippen LogP contribution in [0.2, 0.25) is 0 Å². The lowest BCUT2D eigenvalue weighted by atomic mass is 10.1. The Kier molecular flexibility index (Phi) is 43.6. The average molecular weight is 807 g/mol. The topological polar surface area (TPSA) is 78.9 Å². The van der Waals surface area contributed by atoms with Crippen LogP contribution in [0.3, 0.4) is 0 Å². The summed E-state index contributed by atoms with van der Waals surface area (Å²) in [6, 6.07) is 0. The molecule has 0 aromatic heterocycles. The Morgan fingerprint density at radius 2 is 0.690 bits per heavy atom. The maximum absolute atomic E-state index is 12.7. The van der Waals surface area contributed by atoms with E-state index in [9.17, 15) is 14.4 Å². The molecule has 0 bridgehead atoms. The van der Waals surface area contributed by atoms with Crippen LogP contribution in [0.1, 0.15) is 207 Å². The molecule has 0 aromatic carbocycles. The summed E-state index contributed by atoms with van der Waals surface area (Å²) < 4.78 is 16.6. The largest absolute Gasteiger partial charge is 0.462 e. The van der Waals surface area contributed by atoms with Crippen molar-refractivity contribution in [2.75, 3.05) is 13.2 Å². The van der Waals surface area contributed by atoms with Gasteiger partial charge in [-0.1, -0.05) is 170 Å². The highest BCUT2D eigenvalue weighted by Crippen LogP contribution is 2.13. The standard InChI is InChI=1S/C52H86O6/c1-4-7-10-13-16-19-21-23-25-26-27-29-30-33-36-39-42-45-51(54)57-48-49(47-56-50(53)44-41-38-35-32-18-15-12-9-6-3)58-52(55)46-43-40-37-34-31-28-24-22-20-17-14-11-8-5-2/h8-9,11-12,17-18,20,23,25,27,29,32-33,36,49H,4-7,10,13-16,19,21-22,24,26,28,30-31,34-35,37-48H2,1-3H3/b11-8-,12-9-,20-17-,25-23-,29-27-,32-18-,36-33-. The van der Waals surface area contributed by atoms with E-state index in [1.807, 2.05) is 0 Å². The Balaban J connectivity index is 4.46. The van der Waals surface area contributed by atoms with Gasteiger partial charge < -0.3 is 14.2 Å². The molecular weight excluding hydrogens is 721 g/mol. The maximum atomic E-state index is 12.7. The number of rotatable bonds is 41. The van der Waals surface area contributed by atoms with Gasteiger partial charge in [0.1, 0.15) is 13.2 Å². The molecule has 0 fully saturated rings. The van der Waals surface area contributed by atoms with E-state index in [0.29, 0.717) is 19.3 Å². The second-order valence-electron chi connectivity index (χ2n) is 15.2. The summed E-state index contributed by atoms with van der Waals surface area (Å²) >= 11 is 0. The summed E-state index contributed by atoms with van der Waals surface area (Å²) in [6.07, 6.45) is 58.7. The predicted molar refractivity (Wildman–Crippen MR) is 247 cm³/mol. The van der Waals surface area contributed by atoms with E-state index in [1.165, 1.54) is 70.6 Å². The number of unbranched alkanes of at least 4 members (excludes halogenated alkanes) is 16. The molecule has 0 aliphatic rings. The Morgan fingerprint density at radius 3 is 1.16 bits per heavy atom. The van der Waals surface area contributed by atoms with Crippen LogP contribution >= 0.6 is 0 Å². The number of carbonyl (C=O) groups is 3. The first-order valence-electron chi connectivity index (χ1n) is 23.6. The molecule has 0 radical (unpaired) electrons. The lowest BCUT2D eigenvalue weighted by Gasteiger charge is -2.18. The van der Waals surface area contributed by atoms with Crippen molar-refractivity contribution in [3.63, 3.8) is 0 Å². The van der Waals surface area contributed by atoms with Crippen LogP contribution in [-0.2, 0) is 28.6 Å². The molecule has 0 heterocycles. The zero-order valence-electron chi connectivity index (χ0n) is 37.5. The van der Waals surface area contributed by atoms with Gasteiger partial charge in [-0.25, -0.2) is 0 Å². The van der Waals surface area contributed by atoms with Crippen molar-refractivity contribution in [2.24, 2.45) is 0 Å². The molecule has 0 aliphatic carbocycles. The number of ether oxygens (including phenoxy) is 3. The first-order valence-corrected chi connectivity index (χ1v) is 23.6. The summed E-state index contributed by atoms with van der Waals surface area (Å²) in [5.74, 6) is -1.02. The van der Waals surface area contributed by atoms with Crippen molar-refractivity contribution in [3.8, 4) is 0 Å². The first kappa shape index (κ1) is 54.6. The zero-order chi connectivity index (χ0) is 42.3. The molecule has 1 unspecified atom stereocenters. The van der Waals surface area contributed by atoms with E-state index in [-0.39, 0.29) is 37.5 Å². The Bertz CT molecular complexity index is 1160. The second-order valence-corrected chi connectivity index (χ2v) is 15.2. The van der Waals surface area contributed by atoms with Crippen LogP contribution in [-0.4, -0.2) is 37.2 Å². The molecule has 0 aromatic rings. The van der Waals surface area contributed by atoms with E-state index in [1.54, 1.807) is 0 Å². The monoisotopic (exact) mass is 807 g/mol. The molecule has 6 heteroatoms. The number of carbonyl (C=O) groups excluding carboxylic acids is 3. The molecule has 0 saturated heterocycles. The zero-order valence-corrected chi connectivity index (χ0v) is 37.5. The van der Waals surface area contributed by atoms with Gasteiger partial charge in [0.15, 0.2) is 6.10 Å². The van der Waals surface area contributed by atoms with Gasteiger partial charge in [0.2, 0.25) is 0 Å². The summed E-state index contributed by atoms with van der Waals surface area (Å²) in [6.45, 7) is 6.30. The minimum Gasteiger partial charge on any atom is -0.462 e. The fourth-order valence-electron chi connectivity index (χ4n) is 6.12. The molecule has 0 N–H and O–H groups in total. The molecule has 0 aliphatic heterocycles. The van der Waals surface area contributed by atoms with Gasteiger partial charge in [-0.15, -0.1) is 0 Å². The van der Waals surface area contributed by atoms with Crippen molar-refractivity contribution in [2.45, 2.75) is 213 Å². The molecule has 330 valence electrons. The summed E-state index contributed by atoms with van der Waals surface area (Å²) in [5.41, 5.74) is 0. The van der Waals surface area contributed by atoms with E-state index >= 15 is 0 Å². The average Bonchev–Trinajstić information content (AvgIpc) is 3.22. The number of allylic oxidation sites excluding steroid dienone is 14. The highest BCUT2D eigenvalue weighted by molar-refractivity contribution is 5.71. The van der Waals surface area contributed by atoms with Gasteiger partial charge in [-0.05, 0) is 103 Å². The predicted octanol–water partition coefficient (Wildman–Crippen LogP) is 15.3. The third-order valence-electron chi connectivity index (χ3n) is 9.61. The lowest BCUT2D eigenvalue weighted by Crippen LogP contribution is -2.30. The van der Waals surface area contributed by atoms with Gasteiger partial charge in [0, 0.05) is 19.3 Å². The number of hydrogen-bond acceptors (Lipinski definition) is 6. The summed E-state index contributed by atoms with van der Waals surface area (Å²) in [4.78, 5) is 37.7. The SMILES string of the molecule is CC/C=C\C/C=C\CCCCCCCCCC(=O)OC(COC(=O)CCC/C=C\C/C=C\C/C=C\CCCCCCCC)COC(=O)CCCC/C=C\C/C=C\CC. The molecule has 0 saturated carbocycles. The fourth-order valence-corrected chi connectivity index (χ4v) is 6.12. The third-order valence-corrected chi connectivity index (χ3v) is 9.61. The van der Waals surface area contributed by atoms with E-state index in [0.717, 1.165) is 89.9 Å². The lowest BCUT2D eigenvalue weighted by molar-refractivity contribution is -0.167. The normalized spacial score (nSPS) is 12.8. The molecule has 0 rings (SSSR count). The molecular formula is C52H86O6. The highest BCUT2D eigenvalue weighted by Gasteiger charge is 2.19. The molecule has 0 spiro atoms. The number of esters is 3. The van der Waals surface area contributed by atoms with Crippen molar-refractivity contribution >= 4 is 17.9 Å². The van der Waals surface area contributed by atoms with Gasteiger partial charge in [0.25, 0.3) is 0 Å². The third kappa shape index (κ3) is 43.7. The van der Waals surface area contributed by atoms with Crippen LogP contribution < -0.4 is 0 Å². The Hall–Kier alpha value is -3.41. The quantitative estimate of drug-likeness (QED) is 0.0265. The van der Waals surface area contributed by atoms with E-state index < -0.39 is 6.10 Å². The van der Waals surface area contributed by atoms with Crippen LogP contribution in [0.25, 0.3) is 0 Å². The highest BCUT2D eigenvalue weighted by atomic mass is 16.6. The van der Waals surface area contributed by atoms with Gasteiger partial charge in [0.05, 0.1) is 0 Å². The summed E-state index contributed by atoms with van der Waals surface area (Å²) in [5, 5.41) is 0. The van der Waals surface area contributed by atoms with Gasteiger partial charge >= 0.3 is 17.9 Å². The molecule has 0 amide bonds. The van der Waals surface area contributed by atoms with Crippen LogP contribution in [0.5, 0.6) is 0 Å². The first-order chi connectivity index (χ1) is 28.5. The molecule has 1 atom stereocenters. The Morgan fingerprint density at radius 1 is 0.362 bits per heavy atom. The fraction of sp³-hybridized carbons (Fsp3) is 0.673. The van der Waals surface area contributed by atoms with E-state index in [2.05, 4.69) is 106 Å². The molecule has 6 nitrogen and oxygen atoms in total. The van der Waals surface area contributed by atoms with Crippen molar-refractivity contribution in [3.05, 3.63) is 85.1 Å². The van der Waals surface area contributed by atoms with Crippen LogP contribution in [0.4, 0.5) is 0 Å². The van der Waals surface area contributed by atoms with Crippen molar-refractivity contribution < 1.29 is 28.6 Å². The molecule has 58 heavy (non-hydrogen) atoms. The maximum Gasteiger partial charge on any atom is 0.306 e. The number of hydrogen-bond donors (Lipinski definition) is 0. The summed E-state index contributed by atoms with van der Waals surface area (Å²) in [7, 11) is 0. The van der Waals surface area contributed by atoms with Crippen molar-refractivity contribution in [1.82, 2.24) is 0 Å². The van der Waals surface area contributed by atoms with Crippen molar-refractivity contribution in [1.29, 1.82) is 0 Å². The van der Waals surface area contributed by atoms with Gasteiger partial charge in [-0.3, -0.25) is 14.4 Å².